The van der Waals surface area contributed by atoms with Crippen molar-refractivity contribution >= 4 is 5.91 Å². The molecule has 2 heterocycles. The molecule has 144 valence electrons. The minimum absolute atomic E-state index is 0.216. The maximum absolute atomic E-state index is 13.0. The number of rotatable bonds is 6. The molecule has 1 amide bonds. The minimum atomic E-state index is 0.216. The van der Waals surface area contributed by atoms with Gasteiger partial charge in [-0.2, -0.15) is 0 Å². The Morgan fingerprint density at radius 2 is 1.85 bits per heavy atom. The molecule has 3 rings (SSSR count). The molecule has 0 radical (unpaired) electrons. The van der Waals surface area contributed by atoms with Crippen LogP contribution in [0.25, 0.3) is 0 Å². The van der Waals surface area contributed by atoms with Crippen molar-refractivity contribution in [2.45, 2.75) is 51.6 Å². The number of quaternary nitrogens is 2. The number of benzene rings is 1. The molecule has 4 heteroatoms. The monoisotopic (exact) mass is 359 g/mol. The Morgan fingerprint density at radius 3 is 2.54 bits per heavy atom. The Kier molecular flexibility index (Phi) is 7.09. The number of nitrogens with one attached hydrogen (secondary N) is 2. The van der Waals surface area contributed by atoms with E-state index in [0.29, 0.717) is 5.91 Å². The fourth-order valence-electron chi connectivity index (χ4n) is 4.96. The van der Waals surface area contributed by atoms with Gasteiger partial charge >= 0.3 is 0 Å². The van der Waals surface area contributed by atoms with Crippen LogP contribution in [0.1, 0.15) is 44.6 Å². The number of carbonyl (C=O) groups excluding carboxylic acids is 1. The predicted octanol–water partition coefficient (Wildman–Crippen LogP) is 0.397. The molecule has 1 aromatic carbocycles. The van der Waals surface area contributed by atoms with Gasteiger partial charge in [-0.3, -0.25) is 4.79 Å². The molecule has 2 N–H and O–H groups in total. The van der Waals surface area contributed by atoms with Crippen molar-refractivity contribution < 1.29 is 14.6 Å². The van der Waals surface area contributed by atoms with Crippen LogP contribution in [-0.4, -0.2) is 56.6 Å². The normalized spacial score (nSPS) is 29.3. The first-order valence-electron chi connectivity index (χ1n) is 10.6. The van der Waals surface area contributed by atoms with Crippen molar-refractivity contribution in [1.29, 1.82) is 0 Å². The van der Waals surface area contributed by atoms with Crippen molar-refractivity contribution in [3.63, 3.8) is 0 Å². The highest BCUT2D eigenvalue weighted by molar-refractivity contribution is 5.78. The second-order valence-electron chi connectivity index (χ2n) is 8.41. The highest BCUT2D eigenvalue weighted by Gasteiger charge is 2.36. The molecule has 2 saturated heterocycles. The molecule has 2 aliphatic rings. The average molecular weight is 360 g/mol. The highest BCUT2D eigenvalue weighted by Crippen LogP contribution is 2.14. The number of hydrogen-bond acceptors (Lipinski definition) is 1. The van der Waals surface area contributed by atoms with Crippen LogP contribution in [0.4, 0.5) is 0 Å². The molecule has 0 saturated carbocycles. The fraction of sp³-hybridized carbons (Fsp3) is 0.682. The van der Waals surface area contributed by atoms with Crippen molar-refractivity contribution in [2.24, 2.45) is 5.92 Å². The number of carbonyl (C=O) groups is 1. The van der Waals surface area contributed by atoms with Gasteiger partial charge in [0.05, 0.1) is 44.7 Å². The van der Waals surface area contributed by atoms with Gasteiger partial charge < -0.3 is 14.7 Å². The molecule has 0 spiro atoms. The molecule has 0 bridgehead atoms. The summed E-state index contributed by atoms with van der Waals surface area (Å²) in [6, 6.07) is 11.1. The Hall–Kier alpha value is -1.39. The van der Waals surface area contributed by atoms with Crippen LogP contribution in [0, 0.1) is 5.92 Å². The van der Waals surface area contributed by atoms with Crippen molar-refractivity contribution in [3.8, 4) is 0 Å². The lowest BCUT2D eigenvalue weighted by atomic mass is 9.92. The van der Waals surface area contributed by atoms with E-state index in [1.807, 2.05) is 30.1 Å². The average Bonchev–Trinajstić information content (AvgIpc) is 2.69. The summed E-state index contributed by atoms with van der Waals surface area (Å²) >= 11 is 0. The quantitative estimate of drug-likeness (QED) is 0.756. The zero-order valence-electron chi connectivity index (χ0n) is 16.7. The smallest absolute Gasteiger partial charge is 0.231 e. The Balaban J connectivity index is 1.50. The molecule has 26 heavy (non-hydrogen) atoms. The van der Waals surface area contributed by atoms with Gasteiger partial charge in [-0.05, 0) is 24.8 Å². The Labute approximate surface area is 159 Å². The standard InChI is InChI=1S/C22H35N3O/c1-3-13-24-15-11-21(12-16-24)25-14-7-10-20(18-25)22(26)23(2)17-19-8-5-4-6-9-19/h4-6,8-9,20-21H,3,7,10-18H2,1-2H3/p+2/t20-/m0/s1. The van der Waals surface area contributed by atoms with Crippen molar-refractivity contribution in [3.05, 3.63) is 35.9 Å². The van der Waals surface area contributed by atoms with E-state index in [4.69, 9.17) is 0 Å². The number of amides is 1. The predicted molar refractivity (Wildman–Crippen MR) is 105 cm³/mol. The lowest BCUT2D eigenvalue weighted by molar-refractivity contribution is -0.962. The summed E-state index contributed by atoms with van der Waals surface area (Å²) in [5.74, 6) is 0.563. The van der Waals surface area contributed by atoms with Gasteiger partial charge in [0.15, 0.2) is 0 Å². The Morgan fingerprint density at radius 1 is 1.12 bits per heavy atom. The first-order chi connectivity index (χ1) is 12.7. The topological polar surface area (TPSA) is 29.2 Å². The zero-order chi connectivity index (χ0) is 18.4. The Bertz CT molecular complexity index is 554. The van der Waals surface area contributed by atoms with Crippen molar-refractivity contribution in [2.75, 3.05) is 39.8 Å². The lowest BCUT2D eigenvalue weighted by Gasteiger charge is -2.38. The summed E-state index contributed by atoms with van der Waals surface area (Å²) in [6.07, 6.45) is 6.24. The molecule has 2 fully saturated rings. The van der Waals surface area contributed by atoms with E-state index in [1.54, 1.807) is 9.80 Å². The van der Waals surface area contributed by atoms with Gasteiger partial charge in [0.2, 0.25) is 5.91 Å². The van der Waals surface area contributed by atoms with Gasteiger partial charge in [-0.15, -0.1) is 0 Å². The van der Waals surface area contributed by atoms with Gasteiger partial charge in [0, 0.05) is 26.4 Å². The summed E-state index contributed by atoms with van der Waals surface area (Å²) in [5, 5.41) is 0. The number of likely N-dealkylation sites (tertiary alicyclic amines) is 2. The van der Waals surface area contributed by atoms with E-state index in [0.717, 1.165) is 25.6 Å². The van der Waals surface area contributed by atoms with Crippen LogP contribution in [-0.2, 0) is 11.3 Å². The van der Waals surface area contributed by atoms with Gasteiger partial charge in [-0.1, -0.05) is 37.3 Å². The lowest BCUT2D eigenvalue weighted by Crippen LogP contribution is -3.21. The van der Waals surface area contributed by atoms with Crippen LogP contribution in [0.2, 0.25) is 0 Å². The number of piperidine rings is 2. The van der Waals surface area contributed by atoms with E-state index in [-0.39, 0.29) is 5.92 Å². The molecule has 1 aromatic rings. The van der Waals surface area contributed by atoms with E-state index in [2.05, 4.69) is 19.1 Å². The molecule has 2 atom stereocenters. The van der Waals surface area contributed by atoms with Crippen LogP contribution in [0.5, 0.6) is 0 Å². The summed E-state index contributed by atoms with van der Waals surface area (Å²) < 4.78 is 0. The van der Waals surface area contributed by atoms with E-state index in [9.17, 15) is 4.79 Å². The largest absolute Gasteiger partial charge is 0.341 e. The number of hydrogen-bond donors (Lipinski definition) is 2. The molecule has 0 aliphatic carbocycles. The molecule has 4 nitrogen and oxygen atoms in total. The second kappa shape index (κ2) is 9.52. The third-order valence-electron chi connectivity index (χ3n) is 6.42. The molecule has 2 aliphatic heterocycles. The zero-order valence-corrected chi connectivity index (χ0v) is 16.7. The second-order valence-corrected chi connectivity index (χ2v) is 8.41. The van der Waals surface area contributed by atoms with Crippen LogP contribution in [0.3, 0.4) is 0 Å². The maximum atomic E-state index is 13.0. The summed E-state index contributed by atoms with van der Waals surface area (Å²) in [7, 11) is 1.97. The first kappa shape index (κ1) is 19.4. The van der Waals surface area contributed by atoms with Crippen LogP contribution < -0.4 is 9.80 Å². The van der Waals surface area contributed by atoms with E-state index in [1.165, 1.54) is 57.4 Å². The van der Waals surface area contributed by atoms with Crippen molar-refractivity contribution in [1.82, 2.24) is 4.90 Å². The van der Waals surface area contributed by atoms with E-state index < -0.39 is 0 Å². The van der Waals surface area contributed by atoms with Crippen LogP contribution in [0.15, 0.2) is 30.3 Å². The summed E-state index contributed by atoms with van der Waals surface area (Å²) in [4.78, 5) is 18.4. The third kappa shape index (κ3) is 5.08. The first-order valence-corrected chi connectivity index (χ1v) is 10.6. The SMILES string of the molecule is CCC[NH+]1CCC([NH+]2CCC[C@H](C(=O)N(C)Cc3ccccc3)C2)CC1. The summed E-state index contributed by atoms with van der Waals surface area (Å²) in [6.45, 7) is 9.31. The molecular formula is C22H37N3O+2. The molecular weight excluding hydrogens is 322 g/mol. The number of nitrogens with zero attached hydrogens (tertiary/aromatic N) is 1. The molecule has 1 unspecified atom stereocenters. The minimum Gasteiger partial charge on any atom is -0.341 e. The van der Waals surface area contributed by atoms with Gasteiger partial charge in [0.25, 0.3) is 0 Å². The fourth-order valence-corrected chi connectivity index (χ4v) is 4.96. The van der Waals surface area contributed by atoms with Gasteiger partial charge in [-0.25, -0.2) is 0 Å². The van der Waals surface area contributed by atoms with Crippen LogP contribution >= 0.6 is 0 Å². The maximum Gasteiger partial charge on any atom is 0.231 e. The van der Waals surface area contributed by atoms with Gasteiger partial charge in [0.1, 0.15) is 0 Å². The molecule has 0 aromatic heterocycles. The third-order valence-corrected chi connectivity index (χ3v) is 6.42. The van der Waals surface area contributed by atoms with E-state index >= 15 is 0 Å². The highest BCUT2D eigenvalue weighted by atomic mass is 16.2. The summed E-state index contributed by atoms with van der Waals surface area (Å²) in [5.41, 5.74) is 1.22.